The zero-order valence-corrected chi connectivity index (χ0v) is 11.3. The zero-order chi connectivity index (χ0) is 12.8. The Morgan fingerprint density at radius 1 is 1.28 bits per heavy atom. The number of rotatable bonds is 5. The summed E-state index contributed by atoms with van der Waals surface area (Å²) in [5, 5.41) is 9.57. The predicted octanol–water partition coefficient (Wildman–Crippen LogP) is 2.31. The molecule has 4 heteroatoms. The molecule has 18 heavy (non-hydrogen) atoms. The van der Waals surface area contributed by atoms with Crippen LogP contribution in [0.4, 0.5) is 0 Å². The first-order chi connectivity index (χ1) is 8.79. The van der Waals surface area contributed by atoms with Crippen LogP contribution in [0.3, 0.4) is 0 Å². The van der Waals surface area contributed by atoms with Crippen LogP contribution in [0.15, 0.2) is 24.3 Å². The molecule has 100 valence electrons. The number of nitrogens with zero attached hydrogens (tertiary/aromatic N) is 1. The number of ether oxygens (including phenoxy) is 1. The lowest BCUT2D eigenvalue weighted by Gasteiger charge is -2.32. The number of aliphatic hydroxyl groups is 1. The van der Waals surface area contributed by atoms with Crippen molar-refractivity contribution in [3.8, 4) is 0 Å². The molecule has 1 heterocycles. The number of halogens is 1. The third-order valence-electron chi connectivity index (χ3n) is 3.33. The first-order valence-electron chi connectivity index (χ1n) is 6.48. The van der Waals surface area contributed by atoms with E-state index in [0.717, 1.165) is 37.5 Å². The Morgan fingerprint density at radius 2 is 2.00 bits per heavy atom. The van der Waals surface area contributed by atoms with E-state index in [1.165, 1.54) is 5.56 Å². The van der Waals surface area contributed by atoms with E-state index in [2.05, 4.69) is 11.0 Å². The van der Waals surface area contributed by atoms with Gasteiger partial charge in [-0.2, -0.15) is 0 Å². The Hall–Kier alpha value is -0.610. The van der Waals surface area contributed by atoms with Crippen molar-refractivity contribution in [3.05, 3.63) is 34.9 Å². The topological polar surface area (TPSA) is 32.7 Å². The standard InChI is InChI=1S/C14H20ClNO2/c15-14-4-2-1-3-12(14)11-16-7-5-13(6-8-16)18-10-9-17/h1-4,13,17H,5-11H2. The van der Waals surface area contributed by atoms with Crippen LogP contribution in [-0.2, 0) is 11.3 Å². The van der Waals surface area contributed by atoms with Gasteiger partial charge in [0.15, 0.2) is 0 Å². The van der Waals surface area contributed by atoms with Gasteiger partial charge in [-0.3, -0.25) is 4.90 Å². The molecule has 1 fully saturated rings. The summed E-state index contributed by atoms with van der Waals surface area (Å²) in [5.74, 6) is 0. The van der Waals surface area contributed by atoms with Crippen LogP contribution in [0.2, 0.25) is 5.02 Å². The maximum absolute atomic E-state index is 8.72. The van der Waals surface area contributed by atoms with Crippen molar-refractivity contribution in [2.24, 2.45) is 0 Å². The van der Waals surface area contributed by atoms with Crippen molar-refractivity contribution in [1.82, 2.24) is 4.90 Å². The minimum Gasteiger partial charge on any atom is -0.394 e. The Bertz CT molecular complexity index is 365. The third-order valence-corrected chi connectivity index (χ3v) is 3.70. The van der Waals surface area contributed by atoms with E-state index in [9.17, 15) is 0 Å². The number of piperidine rings is 1. The third kappa shape index (κ3) is 3.95. The number of likely N-dealkylation sites (tertiary alicyclic amines) is 1. The van der Waals surface area contributed by atoms with Crippen molar-refractivity contribution < 1.29 is 9.84 Å². The second-order valence-corrected chi connectivity index (χ2v) is 5.07. The lowest BCUT2D eigenvalue weighted by atomic mass is 10.1. The highest BCUT2D eigenvalue weighted by atomic mass is 35.5. The van der Waals surface area contributed by atoms with Gasteiger partial charge in [-0.05, 0) is 24.5 Å². The molecule has 0 bridgehead atoms. The van der Waals surface area contributed by atoms with Crippen molar-refractivity contribution in [1.29, 1.82) is 0 Å². The summed E-state index contributed by atoms with van der Waals surface area (Å²) in [4.78, 5) is 2.40. The molecule has 0 aromatic heterocycles. The zero-order valence-electron chi connectivity index (χ0n) is 10.5. The maximum Gasteiger partial charge on any atom is 0.0701 e. The van der Waals surface area contributed by atoms with Gasteiger partial charge in [0, 0.05) is 24.7 Å². The average Bonchev–Trinajstić information content (AvgIpc) is 2.41. The largest absolute Gasteiger partial charge is 0.394 e. The summed E-state index contributed by atoms with van der Waals surface area (Å²) >= 11 is 6.16. The lowest BCUT2D eigenvalue weighted by molar-refractivity contribution is -0.00900. The number of aliphatic hydroxyl groups excluding tert-OH is 1. The smallest absolute Gasteiger partial charge is 0.0701 e. The van der Waals surface area contributed by atoms with Gasteiger partial charge in [-0.15, -0.1) is 0 Å². The van der Waals surface area contributed by atoms with E-state index in [1.807, 2.05) is 18.2 Å². The Kier molecular flexibility index (Phi) is 5.45. The Labute approximate surface area is 113 Å². The average molecular weight is 270 g/mol. The van der Waals surface area contributed by atoms with Crippen LogP contribution in [0, 0.1) is 0 Å². The second kappa shape index (κ2) is 7.10. The minimum absolute atomic E-state index is 0.111. The van der Waals surface area contributed by atoms with Crippen LogP contribution in [0.25, 0.3) is 0 Å². The summed E-state index contributed by atoms with van der Waals surface area (Å²) in [6, 6.07) is 8.00. The normalized spacial score (nSPS) is 18.1. The van der Waals surface area contributed by atoms with Gasteiger partial charge >= 0.3 is 0 Å². The Balaban J connectivity index is 1.78. The summed E-state index contributed by atoms with van der Waals surface area (Å²) < 4.78 is 5.55. The van der Waals surface area contributed by atoms with Crippen LogP contribution in [0.5, 0.6) is 0 Å². The minimum atomic E-state index is 0.111. The highest BCUT2D eigenvalue weighted by Crippen LogP contribution is 2.20. The highest BCUT2D eigenvalue weighted by Gasteiger charge is 2.19. The molecule has 1 N–H and O–H groups in total. The van der Waals surface area contributed by atoms with Gasteiger partial charge in [-0.25, -0.2) is 0 Å². The van der Waals surface area contributed by atoms with E-state index in [4.69, 9.17) is 21.4 Å². The SMILES string of the molecule is OCCOC1CCN(Cc2ccccc2Cl)CC1. The fourth-order valence-corrected chi connectivity index (χ4v) is 2.52. The van der Waals surface area contributed by atoms with Gasteiger partial charge < -0.3 is 9.84 Å². The number of hydrogen-bond donors (Lipinski definition) is 1. The molecule has 1 saturated heterocycles. The van der Waals surface area contributed by atoms with E-state index in [-0.39, 0.29) is 6.61 Å². The van der Waals surface area contributed by atoms with Crippen LogP contribution in [0.1, 0.15) is 18.4 Å². The van der Waals surface area contributed by atoms with Crippen molar-refractivity contribution >= 4 is 11.6 Å². The maximum atomic E-state index is 8.72. The summed E-state index contributed by atoms with van der Waals surface area (Å²) in [7, 11) is 0. The van der Waals surface area contributed by atoms with Gasteiger partial charge in [0.25, 0.3) is 0 Å². The number of benzene rings is 1. The fraction of sp³-hybridized carbons (Fsp3) is 0.571. The van der Waals surface area contributed by atoms with Gasteiger partial charge in [0.05, 0.1) is 19.3 Å². The van der Waals surface area contributed by atoms with Gasteiger partial charge in [0.2, 0.25) is 0 Å². The van der Waals surface area contributed by atoms with Crippen molar-refractivity contribution in [3.63, 3.8) is 0 Å². The van der Waals surface area contributed by atoms with Crippen molar-refractivity contribution in [2.45, 2.75) is 25.5 Å². The lowest BCUT2D eigenvalue weighted by Crippen LogP contribution is -2.36. The van der Waals surface area contributed by atoms with Gasteiger partial charge in [0.1, 0.15) is 0 Å². The van der Waals surface area contributed by atoms with E-state index < -0.39 is 0 Å². The molecule has 0 aliphatic carbocycles. The first kappa shape index (κ1) is 13.8. The molecule has 0 radical (unpaired) electrons. The van der Waals surface area contributed by atoms with Gasteiger partial charge in [-0.1, -0.05) is 29.8 Å². The quantitative estimate of drug-likeness (QED) is 0.890. The molecular weight excluding hydrogens is 250 g/mol. The van der Waals surface area contributed by atoms with E-state index in [1.54, 1.807) is 0 Å². The van der Waals surface area contributed by atoms with E-state index in [0.29, 0.717) is 12.7 Å². The summed E-state index contributed by atoms with van der Waals surface area (Å²) in [5.41, 5.74) is 1.19. The summed E-state index contributed by atoms with van der Waals surface area (Å²) in [6.45, 7) is 3.53. The fourth-order valence-electron chi connectivity index (χ4n) is 2.32. The highest BCUT2D eigenvalue weighted by molar-refractivity contribution is 6.31. The molecule has 0 saturated carbocycles. The van der Waals surface area contributed by atoms with Crippen LogP contribution >= 0.6 is 11.6 Å². The molecule has 0 unspecified atom stereocenters. The molecule has 1 aromatic rings. The molecule has 0 atom stereocenters. The second-order valence-electron chi connectivity index (χ2n) is 4.66. The monoisotopic (exact) mass is 269 g/mol. The molecule has 0 amide bonds. The molecule has 3 nitrogen and oxygen atoms in total. The molecule has 0 spiro atoms. The predicted molar refractivity (Wildman–Crippen MR) is 72.8 cm³/mol. The van der Waals surface area contributed by atoms with Crippen LogP contribution < -0.4 is 0 Å². The number of hydrogen-bond acceptors (Lipinski definition) is 3. The van der Waals surface area contributed by atoms with Crippen molar-refractivity contribution in [2.75, 3.05) is 26.3 Å². The molecule has 2 rings (SSSR count). The molecule has 1 aromatic carbocycles. The molecule has 1 aliphatic rings. The Morgan fingerprint density at radius 3 is 2.67 bits per heavy atom. The van der Waals surface area contributed by atoms with Crippen LogP contribution in [-0.4, -0.2) is 42.4 Å². The van der Waals surface area contributed by atoms with E-state index >= 15 is 0 Å². The first-order valence-corrected chi connectivity index (χ1v) is 6.85. The summed E-state index contributed by atoms with van der Waals surface area (Å²) in [6.07, 6.45) is 2.37. The molecule has 1 aliphatic heterocycles. The molecular formula is C14H20ClNO2.